The van der Waals surface area contributed by atoms with Crippen LogP contribution >= 0.6 is 39.1 Å². The molecule has 0 aromatic heterocycles. The molecule has 8 heteroatoms. The summed E-state index contributed by atoms with van der Waals surface area (Å²) < 4.78 is 12.2. The Bertz CT molecular complexity index is 1090. The Kier molecular flexibility index (Phi) is 8.35. The number of nitrogens with one attached hydrogen (secondary N) is 1. The fourth-order valence-electron chi connectivity index (χ4n) is 2.68. The molecule has 1 amide bonds. The first-order valence-corrected chi connectivity index (χ1v) is 10.8. The van der Waals surface area contributed by atoms with E-state index in [-0.39, 0.29) is 18.9 Å². The first kappa shape index (κ1) is 23.1. The number of halogens is 3. The number of methoxy groups -OCH3 is 1. The number of nitrogens with zero attached hydrogens (tertiary/aromatic N) is 1. The first-order chi connectivity index (χ1) is 14.9. The molecular weight excluding hydrogens is 503 g/mol. The number of carbonyl (C=O) groups excluding carboxylic acids is 1. The van der Waals surface area contributed by atoms with Crippen LogP contribution in [0, 0.1) is 0 Å². The van der Waals surface area contributed by atoms with E-state index in [1.807, 2.05) is 36.4 Å². The molecule has 0 saturated carbocycles. The molecule has 3 rings (SSSR count). The topological polar surface area (TPSA) is 59.9 Å². The van der Waals surface area contributed by atoms with Gasteiger partial charge in [0.2, 0.25) is 5.91 Å². The van der Waals surface area contributed by atoms with Crippen LogP contribution in [0.5, 0.6) is 11.5 Å². The van der Waals surface area contributed by atoms with Gasteiger partial charge in [-0.25, -0.2) is 5.43 Å². The molecule has 0 fully saturated rings. The lowest BCUT2D eigenvalue weighted by Crippen LogP contribution is -2.19. The minimum absolute atomic E-state index is 0.203. The number of hydrogen-bond acceptors (Lipinski definition) is 4. The van der Waals surface area contributed by atoms with Gasteiger partial charge in [0.1, 0.15) is 6.61 Å². The Hall–Kier alpha value is -2.54. The van der Waals surface area contributed by atoms with Crippen molar-refractivity contribution >= 4 is 51.3 Å². The predicted octanol–water partition coefficient (Wildman–Crippen LogP) is 6.04. The summed E-state index contributed by atoms with van der Waals surface area (Å²) in [7, 11) is 1.55. The minimum atomic E-state index is -0.203. The average molecular weight is 522 g/mol. The summed E-state index contributed by atoms with van der Waals surface area (Å²) >= 11 is 15.5. The van der Waals surface area contributed by atoms with Crippen LogP contribution in [-0.2, 0) is 17.8 Å². The van der Waals surface area contributed by atoms with Crippen molar-refractivity contribution in [2.24, 2.45) is 5.10 Å². The molecule has 0 spiro atoms. The quantitative estimate of drug-likeness (QED) is 0.290. The second-order valence-corrected chi connectivity index (χ2v) is 8.29. The van der Waals surface area contributed by atoms with Crippen molar-refractivity contribution in [3.8, 4) is 11.5 Å². The maximum absolute atomic E-state index is 12.0. The highest BCUT2D eigenvalue weighted by Gasteiger charge is 2.08. The lowest BCUT2D eigenvalue weighted by Gasteiger charge is -2.12. The van der Waals surface area contributed by atoms with Crippen molar-refractivity contribution in [1.82, 2.24) is 5.43 Å². The van der Waals surface area contributed by atoms with Crippen LogP contribution in [0.15, 0.2) is 70.2 Å². The number of benzene rings is 3. The summed E-state index contributed by atoms with van der Waals surface area (Å²) in [5.74, 6) is 0.894. The van der Waals surface area contributed by atoms with Gasteiger partial charge in [0, 0.05) is 20.1 Å². The fourth-order valence-corrected chi connectivity index (χ4v) is 3.41. The van der Waals surface area contributed by atoms with Crippen LogP contribution < -0.4 is 14.9 Å². The third-order valence-corrected chi connectivity index (χ3v) is 5.38. The molecule has 5 nitrogen and oxygen atoms in total. The van der Waals surface area contributed by atoms with Gasteiger partial charge in [-0.2, -0.15) is 5.10 Å². The molecule has 0 saturated heterocycles. The zero-order valence-corrected chi connectivity index (χ0v) is 19.7. The van der Waals surface area contributed by atoms with Crippen LogP contribution in [0.25, 0.3) is 0 Å². The molecule has 0 bridgehead atoms. The van der Waals surface area contributed by atoms with E-state index in [0.29, 0.717) is 21.5 Å². The summed E-state index contributed by atoms with van der Waals surface area (Å²) in [5.41, 5.74) is 4.99. The summed E-state index contributed by atoms with van der Waals surface area (Å²) in [4.78, 5) is 12.0. The zero-order chi connectivity index (χ0) is 22.2. The molecule has 0 atom stereocenters. The van der Waals surface area contributed by atoms with Crippen molar-refractivity contribution in [1.29, 1.82) is 0 Å². The van der Waals surface area contributed by atoms with E-state index in [2.05, 4.69) is 26.5 Å². The van der Waals surface area contributed by atoms with Crippen LogP contribution in [-0.4, -0.2) is 19.2 Å². The summed E-state index contributed by atoms with van der Waals surface area (Å²) in [6.07, 6.45) is 1.79. The minimum Gasteiger partial charge on any atom is -0.493 e. The Labute approximate surface area is 199 Å². The van der Waals surface area contributed by atoms with E-state index >= 15 is 0 Å². The van der Waals surface area contributed by atoms with E-state index in [0.717, 1.165) is 21.2 Å². The summed E-state index contributed by atoms with van der Waals surface area (Å²) in [6.45, 7) is 0.270. The Balaban J connectivity index is 1.58. The highest BCUT2D eigenvalue weighted by Crippen LogP contribution is 2.29. The smallest absolute Gasteiger partial charge is 0.244 e. The van der Waals surface area contributed by atoms with Gasteiger partial charge in [-0.3, -0.25) is 4.79 Å². The van der Waals surface area contributed by atoms with Crippen molar-refractivity contribution in [3.63, 3.8) is 0 Å². The zero-order valence-electron chi connectivity index (χ0n) is 16.6. The summed E-state index contributed by atoms with van der Waals surface area (Å²) in [5, 5.41) is 5.12. The largest absolute Gasteiger partial charge is 0.493 e. The molecule has 0 aliphatic carbocycles. The van der Waals surface area contributed by atoms with Gasteiger partial charge >= 0.3 is 0 Å². The monoisotopic (exact) mass is 520 g/mol. The molecule has 0 aliphatic heterocycles. The van der Waals surface area contributed by atoms with E-state index in [1.165, 1.54) is 0 Å². The van der Waals surface area contributed by atoms with Gasteiger partial charge in [-0.15, -0.1) is 0 Å². The van der Waals surface area contributed by atoms with Gasteiger partial charge in [-0.05, 0) is 53.6 Å². The molecule has 160 valence electrons. The third kappa shape index (κ3) is 6.99. The van der Waals surface area contributed by atoms with Gasteiger partial charge in [0.25, 0.3) is 0 Å². The first-order valence-electron chi connectivity index (χ1n) is 9.25. The van der Waals surface area contributed by atoms with Crippen LogP contribution in [0.4, 0.5) is 0 Å². The number of rotatable bonds is 8. The van der Waals surface area contributed by atoms with E-state index in [9.17, 15) is 4.79 Å². The molecule has 0 radical (unpaired) electrons. The number of hydrazone groups is 1. The van der Waals surface area contributed by atoms with Crippen LogP contribution in [0.1, 0.15) is 16.7 Å². The maximum Gasteiger partial charge on any atom is 0.244 e. The molecule has 3 aromatic carbocycles. The number of carbonyl (C=O) groups is 1. The van der Waals surface area contributed by atoms with E-state index in [4.69, 9.17) is 32.7 Å². The SMILES string of the molecule is COc1cc(/C=N\NC(=O)Cc2ccc(Br)cc2)ccc1OCc1ccc(Cl)cc1Cl. The standard InChI is InChI=1S/C23H19BrCl2N2O3/c1-30-22-10-16(13-27-28-23(29)11-15-2-6-18(24)7-3-15)4-9-21(22)31-14-17-5-8-19(25)12-20(17)26/h2-10,12-13H,11,14H2,1H3,(H,28,29)/b27-13-. The Morgan fingerprint density at radius 1 is 1.06 bits per heavy atom. The molecule has 3 aromatic rings. The number of hydrogen-bond donors (Lipinski definition) is 1. The highest BCUT2D eigenvalue weighted by atomic mass is 79.9. The third-order valence-electron chi connectivity index (χ3n) is 4.27. The lowest BCUT2D eigenvalue weighted by atomic mass is 10.1. The Morgan fingerprint density at radius 3 is 2.55 bits per heavy atom. The van der Waals surface area contributed by atoms with E-state index in [1.54, 1.807) is 37.6 Å². The van der Waals surface area contributed by atoms with Crippen molar-refractivity contribution in [3.05, 3.63) is 91.9 Å². The predicted molar refractivity (Wildman–Crippen MR) is 127 cm³/mol. The van der Waals surface area contributed by atoms with Gasteiger partial charge in [0.05, 0.1) is 19.7 Å². The van der Waals surface area contributed by atoms with Gasteiger partial charge in [0.15, 0.2) is 11.5 Å². The highest BCUT2D eigenvalue weighted by molar-refractivity contribution is 9.10. The molecule has 1 N–H and O–H groups in total. The Morgan fingerprint density at radius 2 is 1.84 bits per heavy atom. The van der Waals surface area contributed by atoms with Crippen LogP contribution in [0.2, 0.25) is 10.0 Å². The number of ether oxygens (including phenoxy) is 2. The van der Waals surface area contributed by atoms with Gasteiger partial charge < -0.3 is 9.47 Å². The maximum atomic E-state index is 12.0. The molecule has 31 heavy (non-hydrogen) atoms. The molecule has 0 aliphatic rings. The van der Waals surface area contributed by atoms with Gasteiger partial charge in [-0.1, -0.05) is 57.3 Å². The van der Waals surface area contributed by atoms with Crippen molar-refractivity contribution in [2.75, 3.05) is 7.11 Å². The molecule has 0 unspecified atom stereocenters. The summed E-state index contributed by atoms with van der Waals surface area (Å²) in [6, 6.07) is 18.1. The lowest BCUT2D eigenvalue weighted by molar-refractivity contribution is -0.120. The second kappa shape index (κ2) is 11.2. The van der Waals surface area contributed by atoms with Crippen molar-refractivity contribution in [2.45, 2.75) is 13.0 Å². The fraction of sp³-hybridized carbons (Fsp3) is 0.130. The van der Waals surface area contributed by atoms with Crippen molar-refractivity contribution < 1.29 is 14.3 Å². The normalized spacial score (nSPS) is 10.8. The second-order valence-electron chi connectivity index (χ2n) is 6.53. The molecular formula is C23H19BrCl2N2O3. The van der Waals surface area contributed by atoms with Crippen LogP contribution in [0.3, 0.4) is 0 Å². The molecule has 0 heterocycles. The number of amides is 1. The average Bonchev–Trinajstić information content (AvgIpc) is 2.75. The van der Waals surface area contributed by atoms with E-state index < -0.39 is 0 Å².